The number of benzene rings is 2. The molecule has 0 aromatic heterocycles. The molecule has 0 fully saturated rings. The third kappa shape index (κ3) is 9.15. The molecule has 0 atom stereocenters. The van der Waals surface area contributed by atoms with E-state index in [0.29, 0.717) is 21.2 Å². The number of hydrogen-bond acceptors (Lipinski definition) is 2. The highest BCUT2D eigenvalue weighted by molar-refractivity contribution is 14.1. The van der Waals surface area contributed by atoms with Gasteiger partial charge in [0.25, 0.3) is 0 Å². The van der Waals surface area contributed by atoms with Crippen molar-refractivity contribution < 1.29 is 19.8 Å². The van der Waals surface area contributed by atoms with Crippen molar-refractivity contribution in [1.29, 1.82) is 0 Å². The Kier molecular flexibility index (Phi) is 13.6. The fourth-order valence-corrected chi connectivity index (χ4v) is 1.81. The van der Waals surface area contributed by atoms with Gasteiger partial charge in [-0.15, -0.1) is 0 Å². The van der Waals surface area contributed by atoms with Crippen LogP contribution in [0.2, 0.25) is 10.0 Å². The van der Waals surface area contributed by atoms with Crippen molar-refractivity contribution >= 4 is 66.1 Å². The zero-order valence-corrected chi connectivity index (χ0v) is 16.6. The van der Waals surface area contributed by atoms with Crippen LogP contribution in [0.4, 0.5) is 0 Å². The monoisotopic (exact) mass is 479 g/mol. The molecule has 8 heteroatoms. The largest absolute Gasteiger partial charge is 0.478 e. The first-order chi connectivity index (χ1) is 10.8. The van der Waals surface area contributed by atoms with Gasteiger partial charge in [-0.3, -0.25) is 0 Å². The van der Waals surface area contributed by atoms with E-state index in [2.05, 4.69) is 22.6 Å². The average Bonchev–Trinajstić information content (AvgIpc) is 2.50. The van der Waals surface area contributed by atoms with Crippen molar-refractivity contribution in [2.45, 2.75) is 6.92 Å². The lowest BCUT2D eigenvalue weighted by atomic mass is 10.1. The summed E-state index contributed by atoms with van der Waals surface area (Å²) in [5.41, 5.74) is 1.24. The highest BCUT2D eigenvalue weighted by atomic mass is 127. The van der Waals surface area contributed by atoms with Crippen molar-refractivity contribution in [2.75, 3.05) is 4.93 Å². The van der Waals surface area contributed by atoms with Crippen LogP contribution in [-0.2, 0) is 0 Å². The summed E-state index contributed by atoms with van der Waals surface area (Å²) in [5.74, 6) is -1.85. The number of carbonyl (C=O) groups is 2. The summed E-state index contributed by atoms with van der Waals surface area (Å²) in [5, 5.41) is 18.2. The number of alkyl halides is 1. The normalized spacial score (nSPS) is 8.54. The van der Waals surface area contributed by atoms with Crippen LogP contribution in [0.5, 0.6) is 0 Å². The van der Waals surface area contributed by atoms with Gasteiger partial charge in [0.2, 0.25) is 0 Å². The van der Waals surface area contributed by atoms with Gasteiger partial charge in [0.05, 0.1) is 11.1 Å². The van der Waals surface area contributed by atoms with Crippen LogP contribution in [0, 0.1) is 6.92 Å². The van der Waals surface area contributed by atoms with Crippen LogP contribution in [0.15, 0.2) is 42.5 Å². The Morgan fingerprint density at radius 1 is 0.875 bits per heavy atom. The minimum Gasteiger partial charge on any atom is -0.478 e. The molecule has 0 aliphatic heterocycles. The quantitative estimate of drug-likeness (QED) is 0.359. The standard InChI is InChI=1S/C8H7ClO2.C7H5ClO2.CH3I.B/c1-5-4-6(9)2-3-7(5)8(10)11;8-6-3-1-5(2-4-6)7(9)10;1-2;/h2-4H,1H3,(H,10,11);1-4H,(H,9,10);1H3;. The molecular weight excluding hydrogens is 465 g/mol. The predicted molar refractivity (Wildman–Crippen MR) is 107 cm³/mol. The summed E-state index contributed by atoms with van der Waals surface area (Å²) in [6.07, 6.45) is 0. The van der Waals surface area contributed by atoms with E-state index >= 15 is 0 Å². The molecule has 0 aliphatic carbocycles. The molecule has 2 aromatic carbocycles. The number of aromatic carboxylic acids is 2. The number of rotatable bonds is 2. The molecule has 0 aliphatic rings. The zero-order chi connectivity index (χ0) is 18.0. The number of halogens is 3. The summed E-state index contributed by atoms with van der Waals surface area (Å²) in [6, 6.07) is 10.7. The maximum Gasteiger partial charge on any atom is 0.335 e. The molecule has 0 heterocycles. The lowest BCUT2D eigenvalue weighted by molar-refractivity contribution is 0.0685. The zero-order valence-electron chi connectivity index (χ0n) is 13.0. The lowest BCUT2D eigenvalue weighted by Crippen LogP contribution is -1.98. The highest BCUT2D eigenvalue weighted by Crippen LogP contribution is 2.14. The fourth-order valence-electron chi connectivity index (χ4n) is 1.46. The van der Waals surface area contributed by atoms with E-state index < -0.39 is 11.9 Å². The average molecular weight is 480 g/mol. The minimum atomic E-state index is -0.934. The molecule has 2 N–H and O–H groups in total. The van der Waals surface area contributed by atoms with E-state index in [9.17, 15) is 9.59 Å². The highest BCUT2D eigenvalue weighted by Gasteiger charge is 2.05. The Morgan fingerprint density at radius 3 is 1.71 bits per heavy atom. The molecule has 2 aromatic rings. The molecule has 0 spiro atoms. The summed E-state index contributed by atoms with van der Waals surface area (Å²) >= 11 is 13.3. The van der Waals surface area contributed by atoms with Gasteiger partial charge in [0.1, 0.15) is 0 Å². The Morgan fingerprint density at radius 2 is 1.33 bits per heavy atom. The van der Waals surface area contributed by atoms with Gasteiger partial charge in [0, 0.05) is 18.5 Å². The third-order valence-electron chi connectivity index (χ3n) is 2.51. The van der Waals surface area contributed by atoms with E-state index in [1.165, 1.54) is 18.2 Å². The van der Waals surface area contributed by atoms with E-state index in [4.69, 9.17) is 33.4 Å². The van der Waals surface area contributed by atoms with Crippen LogP contribution in [0.25, 0.3) is 0 Å². The molecule has 0 bridgehead atoms. The molecule has 4 nitrogen and oxygen atoms in total. The lowest BCUT2D eigenvalue weighted by Gasteiger charge is -1.98. The number of hydrogen-bond donors (Lipinski definition) is 2. The molecular formula is C16H15BCl2IO4. The number of aryl methyl sites for hydroxylation is 1. The molecule has 127 valence electrons. The number of carboxylic acids is 2. The van der Waals surface area contributed by atoms with Crippen LogP contribution in [-0.4, -0.2) is 35.5 Å². The van der Waals surface area contributed by atoms with E-state index in [0.717, 1.165) is 0 Å². The molecule has 0 unspecified atom stereocenters. The molecule has 3 radical (unpaired) electrons. The smallest absolute Gasteiger partial charge is 0.335 e. The van der Waals surface area contributed by atoms with Crippen molar-refractivity contribution in [2.24, 2.45) is 0 Å². The van der Waals surface area contributed by atoms with Crippen LogP contribution < -0.4 is 0 Å². The Labute approximate surface area is 166 Å². The Balaban J connectivity index is 0. The van der Waals surface area contributed by atoms with E-state index in [1.807, 2.05) is 4.93 Å². The summed E-state index contributed by atoms with van der Waals surface area (Å²) in [7, 11) is 0. The van der Waals surface area contributed by atoms with Gasteiger partial charge in [-0.05, 0) is 59.9 Å². The fraction of sp³-hybridized carbons (Fsp3) is 0.125. The topological polar surface area (TPSA) is 74.6 Å². The summed E-state index contributed by atoms with van der Waals surface area (Å²) in [4.78, 5) is 22.7. The predicted octanol–water partition coefficient (Wildman–Crippen LogP) is 5.06. The van der Waals surface area contributed by atoms with Gasteiger partial charge < -0.3 is 10.2 Å². The van der Waals surface area contributed by atoms with Gasteiger partial charge in [-0.2, -0.15) is 0 Å². The first kappa shape index (κ1) is 25.0. The van der Waals surface area contributed by atoms with Gasteiger partial charge in [-0.25, -0.2) is 9.59 Å². The summed E-state index contributed by atoms with van der Waals surface area (Å²) in [6.45, 7) is 1.72. The minimum absolute atomic E-state index is 0. The second-order valence-electron chi connectivity index (χ2n) is 4.08. The van der Waals surface area contributed by atoms with Gasteiger partial charge in [-0.1, -0.05) is 45.8 Å². The van der Waals surface area contributed by atoms with Gasteiger partial charge >= 0.3 is 11.9 Å². The van der Waals surface area contributed by atoms with E-state index in [1.54, 1.807) is 31.2 Å². The maximum atomic E-state index is 10.5. The third-order valence-corrected chi connectivity index (χ3v) is 3.00. The second-order valence-corrected chi connectivity index (χ2v) is 4.95. The second kappa shape index (κ2) is 13.1. The SMILES string of the molecule is CI.Cc1cc(Cl)ccc1C(=O)O.O=C(O)c1ccc(Cl)cc1.[B]. The van der Waals surface area contributed by atoms with Crippen molar-refractivity contribution in [3.63, 3.8) is 0 Å². The summed E-state index contributed by atoms with van der Waals surface area (Å²) < 4.78 is 0. The van der Waals surface area contributed by atoms with Gasteiger partial charge in [0.15, 0.2) is 0 Å². The Bertz CT molecular complexity index is 664. The van der Waals surface area contributed by atoms with Crippen molar-refractivity contribution in [3.8, 4) is 0 Å². The van der Waals surface area contributed by atoms with E-state index in [-0.39, 0.29) is 14.0 Å². The first-order valence-corrected chi connectivity index (χ1v) is 9.08. The van der Waals surface area contributed by atoms with Crippen molar-refractivity contribution in [3.05, 3.63) is 69.2 Å². The molecule has 2 rings (SSSR count). The molecule has 0 saturated carbocycles. The Hall–Kier alpha value is -1.25. The molecule has 0 amide bonds. The van der Waals surface area contributed by atoms with Crippen LogP contribution in [0.3, 0.4) is 0 Å². The van der Waals surface area contributed by atoms with Crippen molar-refractivity contribution in [1.82, 2.24) is 0 Å². The first-order valence-electron chi connectivity index (χ1n) is 6.17. The van der Waals surface area contributed by atoms with Crippen LogP contribution >= 0.6 is 45.8 Å². The number of carboxylic acid groups (broad SMARTS) is 2. The molecule has 0 saturated heterocycles. The van der Waals surface area contributed by atoms with Crippen LogP contribution in [0.1, 0.15) is 26.3 Å². The maximum absolute atomic E-state index is 10.5. The molecule has 24 heavy (non-hydrogen) atoms.